The van der Waals surface area contributed by atoms with E-state index in [0.717, 1.165) is 30.7 Å². The van der Waals surface area contributed by atoms with Gasteiger partial charge >= 0.3 is 0 Å². The van der Waals surface area contributed by atoms with Crippen LogP contribution in [0.5, 0.6) is 0 Å². The Balaban J connectivity index is 2.03. The molecule has 0 spiro atoms. The van der Waals surface area contributed by atoms with Crippen molar-refractivity contribution in [2.75, 3.05) is 26.2 Å². The summed E-state index contributed by atoms with van der Waals surface area (Å²) in [6.45, 7) is 10.0. The molecule has 1 amide bonds. The molecule has 1 aliphatic heterocycles. The van der Waals surface area contributed by atoms with Crippen molar-refractivity contribution in [2.45, 2.75) is 26.3 Å². The molecule has 0 aromatic heterocycles. The molecule has 0 aliphatic carbocycles. The van der Waals surface area contributed by atoms with Gasteiger partial charge in [0.25, 0.3) is 5.91 Å². The largest absolute Gasteiger partial charge is 0.336 e. The van der Waals surface area contributed by atoms with Crippen LogP contribution in [0.2, 0.25) is 5.02 Å². The zero-order valence-electron chi connectivity index (χ0n) is 12.1. The van der Waals surface area contributed by atoms with Crippen molar-refractivity contribution in [3.63, 3.8) is 0 Å². The molecule has 5 heteroatoms. The van der Waals surface area contributed by atoms with Crippen molar-refractivity contribution in [3.8, 4) is 0 Å². The van der Waals surface area contributed by atoms with Gasteiger partial charge in [0.2, 0.25) is 0 Å². The zero-order valence-corrected chi connectivity index (χ0v) is 14.5. The van der Waals surface area contributed by atoms with Crippen molar-refractivity contribution in [1.82, 2.24) is 9.80 Å². The third-order valence-electron chi connectivity index (χ3n) is 3.68. The molecule has 1 saturated heterocycles. The van der Waals surface area contributed by atoms with E-state index in [0.29, 0.717) is 10.6 Å². The first-order chi connectivity index (χ1) is 9.29. The first-order valence-corrected chi connectivity index (χ1v) is 7.95. The lowest BCUT2D eigenvalue weighted by Crippen LogP contribution is -2.54. The predicted octanol–water partition coefficient (Wildman–Crippen LogP) is 3.66. The summed E-state index contributed by atoms with van der Waals surface area (Å²) >= 11 is 9.33. The highest BCUT2D eigenvalue weighted by atomic mass is 79.9. The molecule has 0 N–H and O–H groups in total. The Kier molecular flexibility index (Phi) is 4.77. The Morgan fingerprint density at radius 2 is 1.80 bits per heavy atom. The van der Waals surface area contributed by atoms with E-state index < -0.39 is 0 Å². The van der Waals surface area contributed by atoms with Crippen molar-refractivity contribution in [1.29, 1.82) is 0 Å². The number of hydrogen-bond donors (Lipinski definition) is 0. The Bertz CT molecular complexity index is 505. The number of piperazine rings is 1. The van der Waals surface area contributed by atoms with Crippen molar-refractivity contribution in [2.24, 2.45) is 0 Å². The minimum Gasteiger partial charge on any atom is -0.336 e. The first-order valence-electron chi connectivity index (χ1n) is 6.78. The summed E-state index contributed by atoms with van der Waals surface area (Å²) in [4.78, 5) is 16.8. The average molecular weight is 360 g/mol. The van der Waals surface area contributed by atoms with Crippen LogP contribution in [0.4, 0.5) is 0 Å². The maximum absolute atomic E-state index is 12.5. The van der Waals surface area contributed by atoms with Crippen LogP contribution < -0.4 is 0 Å². The van der Waals surface area contributed by atoms with Gasteiger partial charge in [-0.2, -0.15) is 0 Å². The van der Waals surface area contributed by atoms with Gasteiger partial charge < -0.3 is 4.90 Å². The van der Waals surface area contributed by atoms with E-state index in [1.165, 1.54) is 0 Å². The lowest BCUT2D eigenvalue weighted by Gasteiger charge is -2.42. The molecular weight excluding hydrogens is 340 g/mol. The zero-order chi connectivity index (χ0) is 14.9. The van der Waals surface area contributed by atoms with Crippen molar-refractivity contribution in [3.05, 3.63) is 33.3 Å². The predicted molar refractivity (Wildman–Crippen MR) is 86.4 cm³/mol. The molecule has 0 saturated carbocycles. The lowest BCUT2D eigenvalue weighted by molar-refractivity contribution is 0.0451. The number of halogens is 2. The van der Waals surface area contributed by atoms with E-state index >= 15 is 0 Å². The number of hydrogen-bond acceptors (Lipinski definition) is 2. The Morgan fingerprint density at radius 3 is 2.30 bits per heavy atom. The molecule has 0 atom stereocenters. The number of carbonyl (C=O) groups is 1. The molecule has 1 aliphatic rings. The van der Waals surface area contributed by atoms with Crippen molar-refractivity contribution < 1.29 is 4.79 Å². The maximum Gasteiger partial charge on any atom is 0.253 e. The van der Waals surface area contributed by atoms with Crippen molar-refractivity contribution >= 4 is 33.4 Å². The Morgan fingerprint density at radius 1 is 1.20 bits per heavy atom. The van der Waals surface area contributed by atoms with Crippen LogP contribution in [-0.4, -0.2) is 47.4 Å². The number of nitrogens with zero attached hydrogens (tertiary/aromatic N) is 2. The molecule has 110 valence electrons. The van der Waals surface area contributed by atoms with Gasteiger partial charge in [-0.15, -0.1) is 0 Å². The molecule has 0 bridgehead atoms. The van der Waals surface area contributed by atoms with Crippen LogP contribution >= 0.6 is 27.5 Å². The van der Waals surface area contributed by atoms with Gasteiger partial charge in [-0.1, -0.05) is 11.6 Å². The molecule has 20 heavy (non-hydrogen) atoms. The van der Waals surface area contributed by atoms with E-state index in [1.54, 1.807) is 18.2 Å². The Hall–Kier alpha value is -0.580. The van der Waals surface area contributed by atoms with E-state index in [-0.39, 0.29) is 11.4 Å². The highest BCUT2D eigenvalue weighted by Crippen LogP contribution is 2.24. The maximum atomic E-state index is 12.5. The Labute approximate surface area is 134 Å². The monoisotopic (exact) mass is 358 g/mol. The summed E-state index contributed by atoms with van der Waals surface area (Å²) in [5.74, 6) is 0.0796. The normalized spacial score (nSPS) is 17.4. The summed E-state index contributed by atoms with van der Waals surface area (Å²) in [7, 11) is 0. The summed E-state index contributed by atoms with van der Waals surface area (Å²) in [5.41, 5.74) is 0.851. The van der Waals surface area contributed by atoms with Gasteiger partial charge in [-0.25, -0.2) is 0 Å². The van der Waals surface area contributed by atoms with Crippen LogP contribution in [0.3, 0.4) is 0 Å². The van der Waals surface area contributed by atoms with Gasteiger partial charge in [0, 0.05) is 41.8 Å². The molecule has 1 heterocycles. The highest BCUT2D eigenvalue weighted by molar-refractivity contribution is 9.10. The topological polar surface area (TPSA) is 23.6 Å². The molecule has 1 aromatic rings. The van der Waals surface area contributed by atoms with E-state index in [9.17, 15) is 4.79 Å². The minimum atomic E-state index is 0.0796. The number of rotatable bonds is 1. The summed E-state index contributed by atoms with van der Waals surface area (Å²) in [5, 5.41) is 0.624. The molecule has 0 radical (unpaired) electrons. The van der Waals surface area contributed by atoms with Gasteiger partial charge in [-0.05, 0) is 54.9 Å². The summed E-state index contributed by atoms with van der Waals surface area (Å²) < 4.78 is 0.762. The molecule has 1 aromatic carbocycles. The SMILES string of the molecule is CC(C)(C)N1CCN(C(=O)c2ccc(Cl)c(Br)c2)CC1. The summed E-state index contributed by atoms with van der Waals surface area (Å²) in [6, 6.07) is 5.33. The third-order valence-corrected chi connectivity index (χ3v) is 4.90. The molecule has 0 unspecified atom stereocenters. The smallest absolute Gasteiger partial charge is 0.253 e. The lowest BCUT2D eigenvalue weighted by atomic mass is 10.0. The van der Waals surface area contributed by atoms with E-state index in [4.69, 9.17) is 11.6 Å². The van der Waals surface area contributed by atoms with Crippen LogP contribution in [0.25, 0.3) is 0 Å². The fourth-order valence-corrected chi connectivity index (χ4v) is 2.89. The van der Waals surface area contributed by atoms with Gasteiger partial charge in [-0.3, -0.25) is 9.69 Å². The number of benzene rings is 1. The quantitative estimate of drug-likeness (QED) is 0.764. The second kappa shape index (κ2) is 6.04. The highest BCUT2D eigenvalue weighted by Gasteiger charge is 2.28. The third kappa shape index (κ3) is 3.54. The molecule has 3 nitrogen and oxygen atoms in total. The van der Waals surface area contributed by atoms with Crippen LogP contribution in [-0.2, 0) is 0 Å². The number of amides is 1. The molecular formula is C15H20BrClN2O. The molecule has 2 rings (SSSR count). The fourth-order valence-electron chi connectivity index (χ4n) is 2.39. The van der Waals surface area contributed by atoms with Crippen LogP contribution in [0.1, 0.15) is 31.1 Å². The van der Waals surface area contributed by atoms with Gasteiger partial charge in [0.1, 0.15) is 0 Å². The van der Waals surface area contributed by atoms with Gasteiger partial charge in [0.05, 0.1) is 5.02 Å². The van der Waals surface area contributed by atoms with E-state index in [2.05, 4.69) is 41.6 Å². The van der Waals surface area contributed by atoms with Crippen LogP contribution in [0.15, 0.2) is 22.7 Å². The number of carbonyl (C=O) groups excluding carboxylic acids is 1. The summed E-state index contributed by atoms with van der Waals surface area (Å²) in [6.07, 6.45) is 0. The first kappa shape index (κ1) is 15.8. The minimum absolute atomic E-state index is 0.0796. The second-order valence-corrected chi connectivity index (χ2v) is 7.34. The fraction of sp³-hybridized carbons (Fsp3) is 0.533. The standard InChI is InChI=1S/C15H20BrClN2O/c1-15(2,3)19-8-6-18(7-9-19)14(20)11-4-5-13(17)12(16)10-11/h4-5,10H,6-9H2,1-3H3. The van der Waals surface area contributed by atoms with E-state index in [1.807, 2.05) is 4.90 Å². The molecule has 1 fully saturated rings. The second-order valence-electron chi connectivity index (χ2n) is 6.08. The average Bonchev–Trinajstić information content (AvgIpc) is 2.40. The van der Waals surface area contributed by atoms with Gasteiger partial charge in [0.15, 0.2) is 0 Å². The van der Waals surface area contributed by atoms with Crippen LogP contribution in [0, 0.1) is 0 Å².